The van der Waals surface area contributed by atoms with Crippen LogP contribution in [0.5, 0.6) is 0 Å². The molecule has 3 nitrogen and oxygen atoms in total. The second-order valence-corrected chi connectivity index (χ2v) is 3.77. The first-order valence-electron chi connectivity index (χ1n) is 4.37. The molecule has 0 unspecified atom stereocenters. The molecule has 0 aliphatic rings. The zero-order valence-corrected chi connectivity index (χ0v) is 8.77. The van der Waals surface area contributed by atoms with Gasteiger partial charge in [0.25, 0.3) is 0 Å². The maximum Gasteiger partial charge on any atom is 0.125 e. The van der Waals surface area contributed by atoms with Crippen LogP contribution in [0, 0.1) is 5.41 Å². The molecule has 0 atom stereocenters. The highest BCUT2D eigenvalue weighted by Crippen LogP contribution is 2.13. The van der Waals surface area contributed by atoms with Crippen LogP contribution >= 0.6 is 0 Å². The molecule has 0 aromatic rings. The Morgan fingerprint density at radius 3 is 2.33 bits per heavy atom. The van der Waals surface area contributed by atoms with E-state index >= 15 is 0 Å². The quantitative estimate of drug-likeness (QED) is 0.306. The zero-order chi connectivity index (χ0) is 9.61. The molecule has 3 heteroatoms. The van der Waals surface area contributed by atoms with E-state index in [4.69, 9.17) is 4.84 Å². The summed E-state index contributed by atoms with van der Waals surface area (Å²) in [5.74, 6) is 0.885. The van der Waals surface area contributed by atoms with Crippen molar-refractivity contribution in [1.82, 2.24) is 5.48 Å². The van der Waals surface area contributed by atoms with E-state index < -0.39 is 0 Å². The van der Waals surface area contributed by atoms with E-state index in [0.29, 0.717) is 0 Å². The average Bonchev–Trinajstić information content (AvgIpc) is 1.95. The van der Waals surface area contributed by atoms with E-state index in [2.05, 4.69) is 38.2 Å². The molecule has 0 aliphatic carbocycles. The zero-order valence-electron chi connectivity index (χ0n) is 8.77. The van der Waals surface area contributed by atoms with Gasteiger partial charge in [-0.1, -0.05) is 27.7 Å². The maximum atomic E-state index is 5.18. The second-order valence-electron chi connectivity index (χ2n) is 3.77. The van der Waals surface area contributed by atoms with Crippen molar-refractivity contribution in [2.75, 3.05) is 13.7 Å². The Hall–Kier alpha value is -0.570. The fourth-order valence-corrected chi connectivity index (χ4v) is 0.756. The predicted octanol–water partition coefficient (Wildman–Crippen LogP) is 1.99. The van der Waals surface area contributed by atoms with Crippen molar-refractivity contribution < 1.29 is 4.84 Å². The third-order valence-electron chi connectivity index (χ3n) is 1.41. The third kappa shape index (κ3) is 4.34. The first-order chi connectivity index (χ1) is 5.52. The minimum Gasteiger partial charge on any atom is -0.275 e. The largest absolute Gasteiger partial charge is 0.275 e. The van der Waals surface area contributed by atoms with Gasteiger partial charge in [-0.2, -0.15) is 0 Å². The normalized spacial score (nSPS) is 13.2. The molecule has 0 bridgehead atoms. The van der Waals surface area contributed by atoms with E-state index in [1.165, 1.54) is 0 Å². The van der Waals surface area contributed by atoms with E-state index in [0.717, 1.165) is 18.9 Å². The van der Waals surface area contributed by atoms with Crippen LogP contribution in [0.3, 0.4) is 0 Å². The molecule has 0 heterocycles. The van der Waals surface area contributed by atoms with Crippen LogP contribution in [0.1, 0.15) is 34.1 Å². The molecule has 12 heavy (non-hydrogen) atoms. The van der Waals surface area contributed by atoms with Crippen LogP contribution in [-0.2, 0) is 4.84 Å². The maximum absolute atomic E-state index is 5.18. The lowest BCUT2D eigenvalue weighted by molar-refractivity contribution is 0.0796. The average molecular weight is 172 g/mol. The number of nitrogens with zero attached hydrogens (tertiary/aromatic N) is 1. The molecule has 0 spiro atoms. The highest BCUT2D eigenvalue weighted by atomic mass is 16.6. The van der Waals surface area contributed by atoms with Gasteiger partial charge in [0.2, 0.25) is 0 Å². The van der Waals surface area contributed by atoms with E-state index in [-0.39, 0.29) is 5.41 Å². The summed E-state index contributed by atoms with van der Waals surface area (Å²) in [4.78, 5) is 9.29. The first-order valence-corrected chi connectivity index (χ1v) is 4.37. The molecule has 0 rings (SSSR count). The van der Waals surface area contributed by atoms with E-state index in [1.807, 2.05) is 0 Å². The van der Waals surface area contributed by atoms with Gasteiger partial charge in [-0.15, -0.1) is 0 Å². The summed E-state index contributed by atoms with van der Waals surface area (Å²) in [6, 6.07) is 0. The molecular weight excluding hydrogens is 152 g/mol. The minimum absolute atomic E-state index is 0.0302. The Morgan fingerprint density at radius 2 is 2.00 bits per heavy atom. The van der Waals surface area contributed by atoms with Crippen molar-refractivity contribution in [3.63, 3.8) is 0 Å². The standard InChI is InChI=1S/C9H20N2O/c1-6-7-12-11-8(10-5)9(2,3)4/h6-7H2,1-5H3,(H,10,11). The molecule has 0 amide bonds. The van der Waals surface area contributed by atoms with Gasteiger partial charge in [0.05, 0.1) is 6.61 Å². The lowest BCUT2D eigenvalue weighted by Crippen LogP contribution is -2.35. The Bertz CT molecular complexity index is 147. The number of hydrogen-bond acceptors (Lipinski definition) is 2. The van der Waals surface area contributed by atoms with Crippen molar-refractivity contribution >= 4 is 5.84 Å². The molecule has 0 saturated heterocycles. The SMILES string of the molecule is CCCONC(=NC)C(C)(C)C. The van der Waals surface area contributed by atoms with Crippen LogP contribution in [0.25, 0.3) is 0 Å². The van der Waals surface area contributed by atoms with Gasteiger partial charge in [-0.3, -0.25) is 15.3 Å². The summed E-state index contributed by atoms with van der Waals surface area (Å²) in [5.41, 5.74) is 2.89. The summed E-state index contributed by atoms with van der Waals surface area (Å²) in [5, 5.41) is 0. The predicted molar refractivity (Wildman–Crippen MR) is 52.2 cm³/mol. The number of aliphatic imine (C=N–C) groups is 1. The monoisotopic (exact) mass is 172 g/mol. The fraction of sp³-hybridized carbons (Fsp3) is 0.889. The Balaban J connectivity index is 3.87. The summed E-state index contributed by atoms with van der Waals surface area (Å²) >= 11 is 0. The highest BCUT2D eigenvalue weighted by Gasteiger charge is 2.17. The molecule has 1 N–H and O–H groups in total. The highest BCUT2D eigenvalue weighted by molar-refractivity contribution is 5.86. The van der Waals surface area contributed by atoms with Gasteiger partial charge in [0.1, 0.15) is 5.84 Å². The van der Waals surface area contributed by atoms with E-state index in [9.17, 15) is 0 Å². The van der Waals surface area contributed by atoms with Crippen molar-refractivity contribution in [3.8, 4) is 0 Å². The number of rotatable bonds is 3. The third-order valence-corrected chi connectivity index (χ3v) is 1.41. The number of hydroxylamine groups is 1. The first kappa shape index (κ1) is 11.4. The van der Waals surface area contributed by atoms with Gasteiger partial charge in [-0.05, 0) is 6.42 Å². The van der Waals surface area contributed by atoms with Crippen molar-refractivity contribution in [2.24, 2.45) is 10.4 Å². The number of nitrogens with one attached hydrogen (secondary N) is 1. The molecule has 0 saturated carbocycles. The van der Waals surface area contributed by atoms with Crippen LogP contribution in [0.15, 0.2) is 4.99 Å². The van der Waals surface area contributed by atoms with Crippen LogP contribution < -0.4 is 5.48 Å². The fourth-order valence-electron chi connectivity index (χ4n) is 0.756. The molecule has 0 aliphatic heterocycles. The lowest BCUT2D eigenvalue weighted by Gasteiger charge is -2.21. The summed E-state index contributed by atoms with van der Waals surface area (Å²) < 4.78 is 0. The molecule has 0 aromatic heterocycles. The molecule has 0 aromatic carbocycles. The summed E-state index contributed by atoms with van der Waals surface area (Å²) in [6.07, 6.45) is 1.01. The Labute approximate surface area is 75.2 Å². The summed E-state index contributed by atoms with van der Waals surface area (Å²) in [7, 11) is 1.77. The number of hydrogen-bond donors (Lipinski definition) is 1. The van der Waals surface area contributed by atoms with Gasteiger partial charge in [0, 0.05) is 12.5 Å². The van der Waals surface area contributed by atoms with Crippen molar-refractivity contribution in [1.29, 1.82) is 0 Å². The van der Waals surface area contributed by atoms with Crippen LogP contribution in [-0.4, -0.2) is 19.5 Å². The minimum atomic E-state index is 0.0302. The van der Waals surface area contributed by atoms with Crippen LogP contribution in [0.2, 0.25) is 0 Å². The lowest BCUT2D eigenvalue weighted by atomic mass is 9.95. The topological polar surface area (TPSA) is 33.6 Å². The molecule has 0 fully saturated rings. The van der Waals surface area contributed by atoms with Crippen molar-refractivity contribution in [2.45, 2.75) is 34.1 Å². The van der Waals surface area contributed by atoms with E-state index in [1.54, 1.807) is 7.05 Å². The Kier molecular flexibility index (Phi) is 4.90. The van der Waals surface area contributed by atoms with Gasteiger partial charge in [0.15, 0.2) is 0 Å². The molecule has 72 valence electrons. The second kappa shape index (κ2) is 5.14. The Morgan fingerprint density at radius 1 is 1.42 bits per heavy atom. The van der Waals surface area contributed by atoms with Gasteiger partial charge < -0.3 is 0 Å². The van der Waals surface area contributed by atoms with Gasteiger partial charge >= 0.3 is 0 Å². The summed E-state index contributed by atoms with van der Waals surface area (Å²) in [6.45, 7) is 9.07. The number of amidine groups is 1. The molecular formula is C9H20N2O. The molecule has 0 radical (unpaired) electrons. The van der Waals surface area contributed by atoms with Crippen LogP contribution in [0.4, 0.5) is 0 Å². The smallest absolute Gasteiger partial charge is 0.125 e. The van der Waals surface area contributed by atoms with Crippen molar-refractivity contribution in [3.05, 3.63) is 0 Å². The van der Waals surface area contributed by atoms with Gasteiger partial charge in [-0.25, -0.2) is 0 Å².